The smallest absolute Gasteiger partial charge is 0.340 e. The molecule has 1 aromatic heterocycles. The highest BCUT2D eigenvalue weighted by atomic mass is 32.2. The highest BCUT2D eigenvalue weighted by molar-refractivity contribution is 7.99. The molecule has 116 valence electrons. The van der Waals surface area contributed by atoms with Crippen LogP contribution in [0.3, 0.4) is 0 Å². The van der Waals surface area contributed by atoms with Crippen LogP contribution in [0.1, 0.15) is 23.2 Å². The van der Waals surface area contributed by atoms with E-state index < -0.39 is 0 Å². The van der Waals surface area contributed by atoms with Crippen molar-refractivity contribution >= 4 is 34.1 Å². The zero-order chi connectivity index (χ0) is 15.4. The standard InChI is InChI=1S/C17H19NO2S2/c1-20-17(19)14-10-15(12-6-3-2-4-7-12)22-16(14)18-13-8-5-9-21-11-13/h2-4,6-7,10,13,18H,5,8-9,11H2,1H3. The Morgan fingerprint density at radius 3 is 2.82 bits per heavy atom. The Balaban J connectivity index is 1.89. The summed E-state index contributed by atoms with van der Waals surface area (Å²) in [6.07, 6.45) is 2.39. The van der Waals surface area contributed by atoms with Crippen LogP contribution in [0.25, 0.3) is 10.4 Å². The van der Waals surface area contributed by atoms with Crippen LogP contribution in [0.4, 0.5) is 5.00 Å². The molecular weight excluding hydrogens is 314 g/mol. The van der Waals surface area contributed by atoms with Gasteiger partial charge in [-0.2, -0.15) is 11.8 Å². The van der Waals surface area contributed by atoms with E-state index in [0.29, 0.717) is 11.6 Å². The van der Waals surface area contributed by atoms with E-state index in [1.54, 1.807) is 11.3 Å². The van der Waals surface area contributed by atoms with Gasteiger partial charge in [-0.05, 0) is 30.2 Å². The number of ether oxygens (including phenoxy) is 1. The van der Waals surface area contributed by atoms with Gasteiger partial charge in [-0.25, -0.2) is 4.79 Å². The maximum absolute atomic E-state index is 12.1. The molecule has 1 unspecified atom stereocenters. The van der Waals surface area contributed by atoms with Gasteiger partial charge in [0.2, 0.25) is 0 Å². The van der Waals surface area contributed by atoms with E-state index in [-0.39, 0.29) is 5.97 Å². The summed E-state index contributed by atoms with van der Waals surface area (Å²) in [7, 11) is 1.43. The number of thiophene rings is 1. The van der Waals surface area contributed by atoms with Crippen LogP contribution in [0.15, 0.2) is 36.4 Å². The Hall–Kier alpha value is -1.46. The van der Waals surface area contributed by atoms with Crippen molar-refractivity contribution in [1.29, 1.82) is 0 Å². The lowest BCUT2D eigenvalue weighted by atomic mass is 10.1. The fourth-order valence-corrected chi connectivity index (χ4v) is 4.74. The van der Waals surface area contributed by atoms with Gasteiger partial charge < -0.3 is 10.1 Å². The average Bonchev–Trinajstić information content (AvgIpc) is 3.00. The summed E-state index contributed by atoms with van der Waals surface area (Å²) in [6, 6.07) is 12.5. The molecule has 1 N–H and O–H groups in total. The summed E-state index contributed by atoms with van der Waals surface area (Å²) in [5, 5.41) is 4.48. The van der Waals surface area contributed by atoms with Crippen molar-refractivity contribution in [3.63, 3.8) is 0 Å². The number of esters is 1. The number of hydrogen-bond donors (Lipinski definition) is 1. The van der Waals surface area contributed by atoms with Crippen LogP contribution >= 0.6 is 23.1 Å². The SMILES string of the molecule is COC(=O)c1cc(-c2ccccc2)sc1NC1CCCSC1. The van der Waals surface area contributed by atoms with Crippen molar-refractivity contribution in [2.24, 2.45) is 0 Å². The third-order valence-electron chi connectivity index (χ3n) is 3.69. The van der Waals surface area contributed by atoms with Crippen molar-refractivity contribution in [3.05, 3.63) is 42.0 Å². The van der Waals surface area contributed by atoms with Gasteiger partial charge >= 0.3 is 5.97 Å². The number of methoxy groups -OCH3 is 1. The minimum absolute atomic E-state index is 0.274. The molecule has 5 heteroatoms. The molecule has 0 radical (unpaired) electrons. The first-order valence-electron chi connectivity index (χ1n) is 7.40. The second kappa shape index (κ2) is 7.20. The van der Waals surface area contributed by atoms with Gasteiger partial charge in [0.25, 0.3) is 0 Å². The minimum atomic E-state index is -0.274. The largest absolute Gasteiger partial charge is 0.465 e. The van der Waals surface area contributed by atoms with E-state index >= 15 is 0 Å². The van der Waals surface area contributed by atoms with Crippen LogP contribution in [0, 0.1) is 0 Å². The van der Waals surface area contributed by atoms with Crippen molar-refractivity contribution in [2.45, 2.75) is 18.9 Å². The molecule has 0 amide bonds. The quantitative estimate of drug-likeness (QED) is 0.836. The van der Waals surface area contributed by atoms with Crippen molar-refractivity contribution in [1.82, 2.24) is 0 Å². The Labute approximate surface area is 139 Å². The number of nitrogens with one attached hydrogen (secondary N) is 1. The normalized spacial score (nSPS) is 18.0. The third kappa shape index (κ3) is 3.47. The Kier molecular flexibility index (Phi) is 5.05. The molecule has 0 spiro atoms. The van der Waals surface area contributed by atoms with E-state index in [1.807, 2.05) is 36.0 Å². The van der Waals surface area contributed by atoms with E-state index in [0.717, 1.165) is 27.6 Å². The fourth-order valence-electron chi connectivity index (χ4n) is 2.54. The van der Waals surface area contributed by atoms with E-state index in [2.05, 4.69) is 17.4 Å². The molecule has 2 heterocycles. The molecule has 22 heavy (non-hydrogen) atoms. The predicted molar refractivity (Wildman–Crippen MR) is 95.1 cm³/mol. The molecule has 1 aromatic carbocycles. The summed E-state index contributed by atoms with van der Waals surface area (Å²) in [5.41, 5.74) is 1.77. The average molecular weight is 333 g/mol. The summed E-state index contributed by atoms with van der Waals surface area (Å²) >= 11 is 3.60. The monoisotopic (exact) mass is 333 g/mol. The number of benzene rings is 1. The molecule has 1 saturated heterocycles. The highest BCUT2D eigenvalue weighted by Crippen LogP contribution is 2.37. The summed E-state index contributed by atoms with van der Waals surface area (Å²) < 4.78 is 4.94. The molecule has 0 bridgehead atoms. The van der Waals surface area contributed by atoms with Gasteiger partial charge in [-0.1, -0.05) is 30.3 Å². The van der Waals surface area contributed by atoms with Gasteiger partial charge in [0.15, 0.2) is 0 Å². The third-order valence-corrected chi connectivity index (χ3v) is 6.02. The van der Waals surface area contributed by atoms with Gasteiger partial charge in [-0.3, -0.25) is 0 Å². The molecule has 1 fully saturated rings. The maximum atomic E-state index is 12.1. The summed E-state index contributed by atoms with van der Waals surface area (Å²) in [5.74, 6) is 2.06. The van der Waals surface area contributed by atoms with Crippen LogP contribution < -0.4 is 5.32 Å². The number of hydrogen-bond acceptors (Lipinski definition) is 5. The van der Waals surface area contributed by atoms with Gasteiger partial charge in [-0.15, -0.1) is 11.3 Å². The molecule has 1 aliphatic rings. The zero-order valence-electron chi connectivity index (χ0n) is 12.5. The lowest BCUT2D eigenvalue weighted by Gasteiger charge is -2.23. The summed E-state index contributed by atoms with van der Waals surface area (Å²) in [4.78, 5) is 13.1. The minimum Gasteiger partial charge on any atom is -0.465 e. The lowest BCUT2D eigenvalue weighted by Crippen LogP contribution is -2.26. The Bertz CT molecular complexity index is 633. The van der Waals surface area contributed by atoms with Crippen molar-refractivity contribution in [3.8, 4) is 10.4 Å². The van der Waals surface area contributed by atoms with Crippen molar-refractivity contribution < 1.29 is 9.53 Å². The molecule has 0 aliphatic carbocycles. The molecule has 0 saturated carbocycles. The van der Waals surface area contributed by atoms with Crippen LogP contribution in [0.2, 0.25) is 0 Å². The van der Waals surface area contributed by atoms with Gasteiger partial charge in [0.1, 0.15) is 5.00 Å². The molecule has 3 rings (SSSR count). The first-order valence-corrected chi connectivity index (χ1v) is 9.37. The lowest BCUT2D eigenvalue weighted by molar-refractivity contribution is 0.0602. The Morgan fingerprint density at radius 2 is 2.14 bits per heavy atom. The van der Waals surface area contributed by atoms with Gasteiger partial charge in [0.05, 0.1) is 12.7 Å². The summed E-state index contributed by atoms with van der Waals surface area (Å²) in [6.45, 7) is 0. The predicted octanol–water partition coefficient (Wildman–Crippen LogP) is 4.51. The maximum Gasteiger partial charge on any atom is 0.340 e. The van der Waals surface area contributed by atoms with Crippen molar-refractivity contribution in [2.75, 3.05) is 23.9 Å². The first-order chi connectivity index (χ1) is 10.8. The number of anilines is 1. The van der Waals surface area contributed by atoms with Crippen LogP contribution in [-0.4, -0.2) is 30.6 Å². The number of carbonyl (C=O) groups is 1. The van der Waals surface area contributed by atoms with Crippen LogP contribution in [-0.2, 0) is 4.74 Å². The molecular formula is C17H19NO2S2. The highest BCUT2D eigenvalue weighted by Gasteiger charge is 2.21. The molecule has 3 nitrogen and oxygen atoms in total. The Morgan fingerprint density at radius 1 is 1.32 bits per heavy atom. The van der Waals surface area contributed by atoms with E-state index in [4.69, 9.17) is 4.74 Å². The molecule has 1 atom stereocenters. The van der Waals surface area contributed by atoms with E-state index in [9.17, 15) is 4.79 Å². The first kappa shape index (κ1) is 15.4. The number of carbonyl (C=O) groups excluding carboxylic acids is 1. The molecule has 1 aliphatic heterocycles. The topological polar surface area (TPSA) is 38.3 Å². The zero-order valence-corrected chi connectivity index (χ0v) is 14.1. The second-order valence-corrected chi connectivity index (χ2v) is 7.47. The second-order valence-electron chi connectivity index (χ2n) is 5.27. The van der Waals surface area contributed by atoms with E-state index in [1.165, 1.54) is 19.3 Å². The number of rotatable bonds is 4. The molecule has 2 aromatic rings. The fraction of sp³-hybridized carbons (Fsp3) is 0.353. The number of thioether (sulfide) groups is 1. The van der Waals surface area contributed by atoms with Crippen LogP contribution in [0.5, 0.6) is 0 Å². The van der Waals surface area contributed by atoms with Gasteiger partial charge in [0, 0.05) is 16.7 Å².